The molecule has 0 radical (unpaired) electrons. The van der Waals surface area contributed by atoms with E-state index in [1.165, 1.54) is 0 Å². The van der Waals surface area contributed by atoms with Crippen LogP contribution in [0.4, 0.5) is 0 Å². The highest BCUT2D eigenvalue weighted by atomic mass is 16.4. The number of nitrogens with two attached hydrogens (primary N) is 1. The van der Waals surface area contributed by atoms with Gasteiger partial charge in [0, 0.05) is 13.0 Å². The molecular weight excluding hydrogens is 228 g/mol. The molecule has 1 saturated carbocycles. The summed E-state index contributed by atoms with van der Waals surface area (Å²) < 4.78 is 5.56. The van der Waals surface area contributed by atoms with Crippen LogP contribution in [-0.4, -0.2) is 18.0 Å². The summed E-state index contributed by atoms with van der Waals surface area (Å²) in [5, 5.41) is 3.03. The minimum absolute atomic E-state index is 0.155. The molecule has 3 N–H and O–H groups in total. The van der Waals surface area contributed by atoms with Crippen molar-refractivity contribution >= 4 is 5.91 Å². The zero-order chi connectivity index (χ0) is 13.3. The molecule has 100 valence electrons. The summed E-state index contributed by atoms with van der Waals surface area (Å²) in [5.41, 5.74) is 6.52. The smallest absolute Gasteiger partial charge is 0.287 e. The van der Waals surface area contributed by atoms with Crippen molar-refractivity contribution in [3.05, 3.63) is 23.2 Å². The highest BCUT2D eigenvalue weighted by Crippen LogP contribution is 2.39. The van der Waals surface area contributed by atoms with Crippen LogP contribution >= 0.6 is 0 Å². The van der Waals surface area contributed by atoms with Crippen LogP contribution in [0.3, 0.4) is 0 Å². The molecule has 0 saturated heterocycles. The molecule has 1 atom stereocenters. The van der Waals surface area contributed by atoms with Crippen molar-refractivity contribution < 1.29 is 9.21 Å². The Bertz CT molecular complexity index is 449. The van der Waals surface area contributed by atoms with E-state index < -0.39 is 0 Å². The third kappa shape index (κ3) is 2.43. The quantitative estimate of drug-likeness (QED) is 0.840. The first kappa shape index (κ1) is 13.1. The summed E-state index contributed by atoms with van der Waals surface area (Å²) in [4.78, 5) is 12.2. The second-order valence-electron chi connectivity index (χ2n) is 5.42. The number of carbonyl (C=O) groups excluding carboxylic acids is 1. The van der Waals surface area contributed by atoms with Gasteiger partial charge in [0.15, 0.2) is 5.76 Å². The van der Waals surface area contributed by atoms with Crippen LogP contribution in [0.5, 0.6) is 0 Å². The Morgan fingerprint density at radius 1 is 1.61 bits per heavy atom. The Kier molecular flexibility index (Phi) is 3.48. The van der Waals surface area contributed by atoms with Crippen molar-refractivity contribution in [3.63, 3.8) is 0 Å². The van der Waals surface area contributed by atoms with Crippen LogP contribution in [-0.2, 0) is 6.42 Å². The van der Waals surface area contributed by atoms with Crippen molar-refractivity contribution in [2.24, 2.45) is 11.7 Å². The molecule has 18 heavy (non-hydrogen) atoms. The largest absolute Gasteiger partial charge is 0.456 e. The highest BCUT2D eigenvalue weighted by Gasteiger charge is 2.42. The zero-order valence-corrected chi connectivity index (χ0v) is 11.4. The lowest BCUT2D eigenvalue weighted by atomic mass is 9.96. The van der Waals surface area contributed by atoms with E-state index in [1.54, 1.807) is 6.07 Å². The fraction of sp³-hybridized carbons (Fsp3) is 0.643. The maximum atomic E-state index is 12.2. The van der Waals surface area contributed by atoms with Crippen molar-refractivity contribution in [1.29, 1.82) is 0 Å². The fourth-order valence-corrected chi connectivity index (χ4v) is 2.34. The zero-order valence-electron chi connectivity index (χ0n) is 11.4. The molecule has 1 amide bonds. The maximum Gasteiger partial charge on any atom is 0.287 e. The van der Waals surface area contributed by atoms with Crippen molar-refractivity contribution in [2.45, 2.75) is 45.6 Å². The lowest BCUT2D eigenvalue weighted by Gasteiger charge is -2.28. The lowest BCUT2D eigenvalue weighted by Crippen LogP contribution is -2.53. The van der Waals surface area contributed by atoms with Gasteiger partial charge in [-0.2, -0.15) is 0 Å². The summed E-state index contributed by atoms with van der Waals surface area (Å²) in [7, 11) is 0. The van der Waals surface area contributed by atoms with E-state index in [4.69, 9.17) is 10.2 Å². The van der Waals surface area contributed by atoms with Gasteiger partial charge in [0.25, 0.3) is 5.91 Å². The van der Waals surface area contributed by atoms with Gasteiger partial charge >= 0.3 is 0 Å². The molecule has 2 rings (SSSR count). The molecule has 1 aliphatic carbocycles. The topological polar surface area (TPSA) is 68.3 Å². The molecule has 0 aromatic carbocycles. The number of nitrogens with one attached hydrogen (secondary N) is 1. The molecule has 4 nitrogen and oxygen atoms in total. The molecule has 1 unspecified atom stereocenters. The Morgan fingerprint density at radius 3 is 2.72 bits per heavy atom. The van der Waals surface area contributed by atoms with E-state index in [-0.39, 0.29) is 11.4 Å². The first-order valence-electron chi connectivity index (χ1n) is 6.62. The first-order chi connectivity index (χ1) is 8.50. The van der Waals surface area contributed by atoms with Gasteiger partial charge in [0.1, 0.15) is 5.76 Å². The molecule has 4 heteroatoms. The number of hydrogen-bond acceptors (Lipinski definition) is 3. The van der Waals surface area contributed by atoms with Gasteiger partial charge in [-0.05, 0) is 44.2 Å². The minimum Gasteiger partial charge on any atom is -0.456 e. The standard InChI is InChI=1S/C14H22N2O2/c1-4-11-9(2)7-12(18-11)13(17)16-14(3,8-15)10-5-6-10/h7,10H,4-6,8,15H2,1-3H3,(H,16,17). The highest BCUT2D eigenvalue weighted by molar-refractivity contribution is 5.92. The monoisotopic (exact) mass is 250 g/mol. The molecular formula is C14H22N2O2. The number of amides is 1. The molecule has 1 aromatic rings. The number of rotatable bonds is 5. The molecule has 0 bridgehead atoms. The molecule has 1 aliphatic rings. The van der Waals surface area contributed by atoms with Crippen LogP contribution in [0.25, 0.3) is 0 Å². The Hall–Kier alpha value is -1.29. The van der Waals surface area contributed by atoms with Crippen LogP contribution in [0.1, 0.15) is 48.6 Å². The Morgan fingerprint density at radius 2 is 2.28 bits per heavy atom. The number of hydrogen-bond donors (Lipinski definition) is 2. The second-order valence-corrected chi connectivity index (χ2v) is 5.42. The van der Waals surface area contributed by atoms with Gasteiger partial charge in [-0.15, -0.1) is 0 Å². The summed E-state index contributed by atoms with van der Waals surface area (Å²) >= 11 is 0. The van der Waals surface area contributed by atoms with E-state index in [2.05, 4.69) is 5.32 Å². The van der Waals surface area contributed by atoms with Crippen LogP contribution in [0.15, 0.2) is 10.5 Å². The average molecular weight is 250 g/mol. The minimum atomic E-state index is -0.301. The molecule has 1 heterocycles. The number of aryl methyl sites for hydroxylation is 2. The third-order valence-electron chi connectivity index (χ3n) is 3.87. The maximum absolute atomic E-state index is 12.2. The van der Waals surface area contributed by atoms with E-state index >= 15 is 0 Å². The summed E-state index contributed by atoms with van der Waals surface area (Å²) in [6.45, 7) is 6.45. The predicted molar refractivity (Wildman–Crippen MR) is 70.5 cm³/mol. The molecule has 0 spiro atoms. The van der Waals surface area contributed by atoms with Gasteiger partial charge in [-0.25, -0.2) is 0 Å². The molecule has 0 aliphatic heterocycles. The summed E-state index contributed by atoms with van der Waals surface area (Å²) in [6.07, 6.45) is 3.09. The number of carbonyl (C=O) groups is 1. The average Bonchev–Trinajstić information content (AvgIpc) is 3.13. The first-order valence-corrected chi connectivity index (χ1v) is 6.62. The van der Waals surface area contributed by atoms with Crippen LogP contribution < -0.4 is 11.1 Å². The van der Waals surface area contributed by atoms with Crippen LogP contribution in [0.2, 0.25) is 0 Å². The van der Waals surface area contributed by atoms with Gasteiger partial charge < -0.3 is 15.5 Å². The van der Waals surface area contributed by atoms with Gasteiger partial charge in [0.2, 0.25) is 0 Å². The SMILES string of the molecule is CCc1oc(C(=O)NC(C)(CN)C2CC2)cc1C. The summed E-state index contributed by atoms with van der Waals surface area (Å²) in [5.74, 6) is 1.62. The van der Waals surface area contributed by atoms with E-state index in [0.717, 1.165) is 30.6 Å². The van der Waals surface area contributed by atoms with Crippen LogP contribution in [0, 0.1) is 12.8 Å². The Balaban J connectivity index is 2.11. The van der Waals surface area contributed by atoms with Crippen molar-refractivity contribution in [3.8, 4) is 0 Å². The van der Waals surface area contributed by atoms with E-state index in [9.17, 15) is 4.79 Å². The molecule has 1 aromatic heterocycles. The van der Waals surface area contributed by atoms with E-state index in [0.29, 0.717) is 18.2 Å². The molecule has 1 fully saturated rings. The normalized spacial score (nSPS) is 18.4. The van der Waals surface area contributed by atoms with Gasteiger partial charge in [-0.3, -0.25) is 4.79 Å². The summed E-state index contributed by atoms with van der Waals surface area (Å²) in [6, 6.07) is 1.80. The second kappa shape index (κ2) is 4.76. The van der Waals surface area contributed by atoms with Gasteiger partial charge in [-0.1, -0.05) is 6.92 Å². The van der Waals surface area contributed by atoms with E-state index in [1.807, 2.05) is 20.8 Å². The lowest BCUT2D eigenvalue weighted by molar-refractivity contribution is 0.0867. The predicted octanol–water partition coefficient (Wildman–Crippen LogP) is 2.01. The number of furan rings is 1. The Labute approximate surface area is 108 Å². The third-order valence-corrected chi connectivity index (χ3v) is 3.87. The van der Waals surface area contributed by atoms with Crippen molar-refractivity contribution in [1.82, 2.24) is 5.32 Å². The van der Waals surface area contributed by atoms with Crippen molar-refractivity contribution in [2.75, 3.05) is 6.54 Å². The van der Waals surface area contributed by atoms with Gasteiger partial charge in [0.05, 0.1) is 5.54 Å². The fourth-order valence-electron chi connectivity index (χ4n) is 2.34.